The molecule has 0 aromatic heterocycles. The molecule has 0 saturated heterocycles. The van der Waals surface area contributed by atoms with Crippen LogP contribution in [0, 0.1) is 0 Å². The largest absolute Gasteiger partial charge is 0.663 e. The first kappa shape index (κ1) is 29.6. The molecule has 6 aromatic carbocycles. The van der Waals surface area contributed by atoms with Gasteiger partial charge in [0.25, 0.3) is 0 Å². The third-order valence-electron chi connectivity index (χ3n) is 6.78. The van der Waals surface area contributed by atoms with Crippen LogP contribution < -0.4 is 39.5 Å². The first-order valence-electron chi connectivity index (χ1n) is 14.4. The van der Waals surface area contributed by atoms with Crippen molar-refractivity contribution < 1.29 is 21.8 Å². The van der Waals surface area contributed by atoms with E-state index in [2.05, 4.69) is 0 Å². The lowest BCUT2D eigenvalue weighted by Crippen LogP contribution is -2.74. The van der Waals surface area contributed by atoms with E-state index in [4.69, 9.17) is 33.3 Å². The summed E-state index contributed by atoms with van der Waals surface area (Å²) in [4.78, 5) is 0. The van der Waals surface area contributed by atoms with Gasteiger partial charge >= 0.3 is 17.6 Å². The number of benzene rings is 6. The third kappa shape index (κ3) is 7.19. The number of hydrogen-bond acceptors (Lipinski definition) is 7. The van der Waals surface area contributed by atoms with Crippen molar-refractivity contribution in [3.63, 3.8) is 0 Å². The quantitative estimate of drug-likeness (QED) is 0.123. The molecule has 9 heteroatoms. The first-order chi connectivity index (χ1) is 22.0. The summed E-state index contributed by atoms with van der Waals surface area (Å²) >= 11 is 0. The Hall–Kier alpha value is -5.49. The Morgan fingerprint density at radius 1 is 0.311 bits per heavy atom. The Morgan fingerprint density at radius 3 is 0.800 bits per heavy atom. The summed E-state index contributed by atoms with van der Waals surface area (Å²) in [5.74, 6) is 2.21. The summed E-state index contributed by atoms with van der Waals surface area (Å²) in [6.45, 7) is 0. The average molecular weight is 629 g/mol. The van der Waals surface area contributed by atoms with Gasteiger partial charge in [0.15, 0.2) is 0 Å². The molecular formula is C36H32N2O5Si2. The predicted octanol–water partition coefficient (Wildman–Crippen LogP) is 6.18. The second kappa shape index (κ2) is 13.4. The second-order valence-electron chi connectivity index (χ2n) is 10.1. The van der Waals surface area contributed by atoms with E-state index in [1.807, 2.05) is 146 Å². The number of nitrogens with two attached hydrogens (primary N) is 2. The summed E-state index contributed by atoms with van der Waals surface area (Å²) in [7, 11) is -8.18. The number of anilines is 2. The molecular weight excluding hydrogens is 597 g/mol. The fourth-order valence-electron chi connectivity index (χ4n) is 4.60. The molecule has 0 aliphatic heterocycles. The molecule has 0 aliphatic rings. The molecule has 7 nitrogen and oxygen atoms in total. The highest BCUT2D eigenvalue weighted by Crippen LogP contribution is 2.29. The average Bonchev–Trinajstić information content (AvgIpc) is 3.07. The van der Waals surface area contributed by atoms with Crippen LogP contribution in [0.2, 0.25) is 0 Å². The molecule has 0 saturated carbocycles. The van der Waals surface area contributed by atoms with Gasteiger partial charge in [-0.3, -0.25) is 0 Å². The Kier molecular flexibility index (Phi) is 8.83. The van der Waals surface area contributed by atoms with Crippen molar-refractivity contribution in [1.29, 1.82) is 0 Å². The van der Waals surface area contributed by atoms with E-state index in [9.17, 15) is 0 Å². The molecule has 224 valence electrons. The molecule has 0 aliphatic carbocycles. The van der Waals surface area contributed by atoms with E-state index in [0.29, 0.717) is 44.7 Å². The minimum Gasteiger partial charge on any atom is -0.489 e. The van der Waals surface area contributed by atoms with Gasteiger partial charge in [0.2, 0.25) is 0 Å². The molecule has 4 N–H and O–H groups in total. The monoisotopic (exact) mass is 628 g/mol. The van der Waals surface area contributed by atoms with E-state index < -0.39 is 17.6 Å². The zero-order valence-electron chi connectivity index (χ0n) is 24.4. The lowest BCUT2D eigenvalue weighted by molar-refractivity contribution is 0.203. The Labute approximate surface area is 264 Å². The van der Waals surface area contributed by atoms with Gasteiger partial charge in [-0.1, -0.05) is 97.1 Å². The van der Waals surface area contributed by atoms with Gasteiger partial charge in [0.05, 0.1) is 0 Å². The van der Waals surface area contributed by atoms with Crippen LogP contribution in [0.5, 0.6) is 23.0 Å². The van der Waals surface area contributed by atoms with Crippen molar-refractivity contribution in [2.45, 2.75) is 0 Å². The first-order valence-corrected chi connectivity index (χ1v) is 17.9. The lowest BCUT2D eigenvalue weighted by Gasteiger charge is -2.38. The maximum absolute atomic E-state index is 7.40. The highest BCUT2D eigenvalue weighted by Gasteiger charge is 2.63. The summed E-state index contributed by atoms with van der Waals surface area (Å²) in [5, 5.41) is 1.31. The van der Waals surface area contributed by atoms with Crippen molar-refractivity contribution in [3.8, 4) is 23.0 Å². The Morgan fingerprint density at radius 2 is 0.556 bits per heavy atom. The number of nitrogen functional groups attached to an aromatic ring is 2. The number of rotatable bonds is 12. The number of para-hydroxylation sites is 4. The Balaban J connectivity index is 1.61. The maximum Gasteiger partial charge on any atom is 0.663 e. The van der Waals surface area contributed by atoms with E-state index in [-0.39, 0.29) is 0 Å². The number of hydrogen-bond donors (Lipinski definition) is 2. The van der Waals surface area contributed by atoms with Gasteiger partial charge < -0.3 is 33.3 Å². The maximum atomic E-state index is 7.40. The molecule has 0 spiro atoms. The minimum absolute atomic E-state index is 0.552. The van der Waals surface area contributed by atoms with Crippen LogP contribution in [0.15, 0.2) is 170 Å². The molecule has 0 heterocycles. The van der Waals surface area contributed by atoms with Crippen molar-refractivity contribution in [1.82, 2.24) is 0 Å². The van der Waals surface area contributed by atoms with Crippen LogP contribution >= 0.6 is 0 Å². The SMILES string of the molecule is Nc1ccc([Si](Oc2ccccc2)(Oc2ccccc2)O[Si](Oc2ccccc2)(Oc2ccccc2)c2ccc(N)cc2)cc1. The van der Waals surface area contributed by atoms with Gasteiger partial charge in [-0.05, 0) is 72.8 Å². The van der Waals surface area contributed by atoms with Crippen LogP contribution in [0.1, 0.15) is 0 Å². The molecule has 6 aromatic rings. The van der Waals surface area contributed by atoms with E-state index in [0.717, 1.165) is 0 Å². The zero-order valence-corrected chi connectivity index (χ0v) is 26.4. The summed E-state index contributed by atoms with van der Waals surface area (Å²) < 4.78 is 35.0. The van der Waals surface area contributed by atoms with Crippen LogP contribution in [0.4, 0.5) is 11.4 Å². The summed E-state index contributed by atoms with van der Waals surface area (Å²) in [5.41, 5.74) is 13.5. The van der Waals surface area contributed by atoms with Gasteiger partial charge in [-0.2, -0.15) is 0 Å². The van der Waals surface area contributed by atoms with Crippen molar-refractivity contribution in [2.24, 2.45) is 0 Å². The van der Waals surface area contributed by atoms with E-state index >= 15 is 0 Å². The van der Waals surface area contributed by atoms with Gasteiger partial charge in [0.1, 0.15) is 23.0 Å². The molecule has 45 heavy (non-hydrogen) atoms. The minimum atomic E-state index is -4.09. The second-order valence-corrected chi connectivity index (χ2v) is 15.1. The molecule has 0 fully saturated rings. The third-order valence-corrected chi connectivity index (χ3v) is 13.0. The molecule has 0 atom stereocenters. The van der Waals surface area contributed by atoms with Crippen molar-refractivity contribution in [2.75, 3.05) is 11.5 Å². The van der Waals surface area contributed by atoms with Crippen LogP contribution in [-0.4, -0.2) is 17.6 Å². The van der Waals surface area contributed by atoms with E-state index in [1.165, 1.54) is 0 Å². The topological polar surface area (TPSA) is 98.2 Å². The lowest BCUT2D eigenvalue weighted by atomic mass is 10.3. The smallest absolute Gasteiger partial charge is 0.489 e. The van der Waals surface area contributed by atoms with E-state index in [1.54, 1.807) is 24.3 Å². The predicted molar refractivity (Wildman–Crippen MR) is 182 cm³/mol. The zero-order chi connectivity index (χ0) is 31.0. The highest BCUT2D eigenvalue weighted by molar-refractivity contribution is 6.89. The van der Waals surface area contributed by atoms with Crippen LogP contribution in [0.3, 0.4) is 0 Å². The van der Waals surface area contributed by atoms with Crippen molar-refractivity contribution in [3.05, 3.63) is 170 Å². The Bertz CT molecular complexity index is 1560. The fraction of sp³-hybridized carbons (Fsp3) is 0. The fourth-order valence-corrected chi connectivity index (χ4v) is 11.1. The van der Waals surface area contributed by atoms with Gasteiger partial charge in [-0.25, -0.2) is 0 Å². The molecule has 6 rings (SSSR count). The molecule has 0 bridgehead atoms. The standard InChI is InChI=1S/C36H32N2O5Si2/c37-29-21-25-35(26-22-29)44(39-31-13-5-1-6-14-31,40-32-15-7-2-8-16-32)43-45(36-27-23-30(38)24-28-36,41-33-17-9-3-10-18-33)42-34-19-11-4-12-20-34/h1-28H,37-38H2. The van der Waals surface area contributed by atoms with Gasteiger partial charge in [0, 0.05) is 21.7 Å². The molecule has 0 amide bonds. The van der Waals surface area contributed by atoms with Crippen LogP contribution in [0.25, 0.3) is 0 Å². The summed E-state index contributed by atoms with van der Waals surface area (Å²) in [6, 6.07) is 52.4. The molecule has 0 radical (unpaired) electrons. The molecule has 0 unspecified atom stereocenters. The summed E-state index contributed by atoms with van der Waals surface area (Å²) in [6.07, 6.45) is 0. The van der Waals surface area contributed by atoms with Crippen molar-refractivity contribution >= 4 is 39.4 Å². The highest BCUT2D eigenvalue weighted by atomic mass is 28.5. The van der Waals surface area contributed by atoms with Gasteiger partial charge in [-0.15, -0.1) is 0 Å². The van der Waals surface area contributed by atoms with Crippen LogP contribution in [-0.2, 0) is 4.12 Å². The normalized spacial score (nSPS) is 11.4.